The summed E-state index contributed by atoms with van der Waals surface area (Å²) in [6.07, 6.45) is 1.84. The highest BCUT2D eigenvalue weighted by atomic mass is 32.2. The molecule has 2 heterocycles. The smallest absolute Gasteiger partial charge is 0.196 e. The molecule has 0 aliphatic carbocycles. The number of Topliss-reactive ketones (excluding diaryl/α,β-unsaturated/α-hetero) is 1. The van der Waals surface area contributed by atoms with Crippen LogP contribution in [0.25, 0.3) is 17.1 Å². The molecule has 34 heavy (non-hydrogen) atoms. The van der Waals surface area contributed by atoms with Crippen LogP contribution in [0.1, 0.15) is 27.3 Å². The van der Waals surface area contributed by atoms with Gasteiger partial charge in [-0.3, -0.25) is 9.36 Å². The molecule has 174 valence electrons. The molecule has 0 fully saturated rings. The highest BCUT2D eigenvalue weighted by Gasteiger charge is 2.20. The van der Waals surface area contributed by atoms with Crippen LogP contribution in [0.3, 0.4) is 0 Å². The second-order valence-corrected chi connectivity index (χ2v) is 9.04. The number of ketones is 1. The molecule has 4 aromatic rings. The number of thioether (sulfide) groups is 1. The van der Waals surface area contributed by atoms with Crippen molar-refractivity contribution < 1.29 is 9.53 Å². The summed E-state index contributed by atoms with van der Waals surface area (Å²) in [5.41, 5.74) is 5.78. The van der Waals surface area contributed by atoms with Crippen molar-refractivity contribution in [1.29, 1.82) is 0 Å². The quantitative estimate of drug-likeness (QED) is 0.174. The van der Waals surface area contributed by atoms with E-state index < -0.39 is 0 Å². The van der Waals surface area contributed by atoms with Crippen molar-refractivity contribution in [2.24, 2.45) is 0 Å². The highest BCUT2D eigenvalue weighted by Crippen LogP contribution is 2.30. The van der Waals surface area contributed by atoms with Crippen molar-refractivity contribution in [2.45, 2.75) is 32.5 Å². The molecule has 0 N–H and O–H groups in total. The van der Waals surface area contributed by atoms with E-state index in [1.807, 2.05) is 67.0 Å². The number of methoxy groups -OCH3 is 1. The number of nitrogens with zero attached hydrogens (tertiary/aromatic N) is 4. The monoisotopic (exact) mass is 472 g/mol. The van der Waals surface area contributed by atoms with Crippen LogP contribution in [0.2, 0.25) is 0 Å². The summed E-state index contributed by atoms with van der Waals surface area (Å²) in [7, 11) is 1.64. The first kappa shape index (κ1) is 23.6. The van der Waals surface area contributed by atoms with Gasteiger partial charge in [0.25, 0.3) is 0 Å². The molecule has 4 rings (SSSR count). The first-order valence-electron chi connectivity index (χ1n) is 11.0. The molecule has 2 aromatic heterocycles. The third-order valence-electron chi connectivity index (χ3n) is 5.79. The Morgan fingerprint density at radius 3 is 2.41 bits per heavy atom. The van der Waals surface area contributed by atoms with Crippen LogP contribution in [0.5, 0.6) is 5.75 Å². The van der Waals surface area contributed by atoms with Gasteiger partial charge in [-0.15, -0.1) is 16.8 Å². The fourth-order valence-corrected chi connectivity index (χ4v) is 4.75. The molecule has 6 nitrogen and oxygen atoms in total. The van der Waals surface area contributed by atoms with Gasteiger partial charge in [0.2, 0.25) is 0 Å². The van der Waals surface area contributed by atoms with Crippen molar-refractivity contribution in [2.75, 3.05) is 12.9 Å². The van der Waals surface area contributed by atoms with Crippen LogP contribution in [0, 0.1) is 20.8 Å². The lowest BCUT2D eigenvalue weighted by Gasteiger charge is -2.11. The molecular weight excluding hydrogens is 444 g/mol. The molecule has 0 spiro atoms. The lowest BCUT2D eigenvalue weighted by Crippen LogP contribution is -2.07. The Morgan fingerprint density at radius 1 is 1.06 bits per heavy atom. The molecule has 0 bridgehead atoms. The zero-order chi connectivity index (χ0) is 24.2. The Balaban J connectivity index is 1.66. The number of benzene rings is 2. The van der Waals surface area contributed by atoms with Gasteiger partial charge >= 0.3 is 0 Å². The summed E-state index contributed by atoms with van der Waals surface area (Å²) >= 11 is 1.40. The third-order valence-corrected chi connectivity index (χ3v) is 6.72. The van der Waals surface area contributed by atoms with Crippen LogP contribution in [0.15, 0.2) is 72.4 Å². The second-order valence-electron chi connectivity index (χ2n) is 8.10. The fourth-order valence-electron chi connectivity index (χ4n) is 3.92. The number of hydrogen-bond donors (Lipinski definition) is 0. The topological polar surface area (TPSA) is 61.9 Å². The minimum absolute atomic E-state index is 0.0675. The number of hydrogen-bond acceptors (Lipinski definition) is 5. The molecule has 0 aliphatic heterocycles. The van der Waals surface area contributed by atoms with E-state index in [-0.39, 0.29) is 11.5 Å². The van der Waals surface area contributed by atoms with Crippen molar-refractivity contribution in [3.63, 3.8) is 0 Å². The number of aryl methyl sites for hydroxylation is 2. The number of ether oxygens (including phenoxy) is 1. The molecular formula is C27H28N4O2S. The predicted octanol–water partition coefficient (Wildman–Crippen LogP) is 5.83. The van der Waals surface area contributed by atoms with Gasteiger partial charge in [0.05, 0.1) is 12.9 Å². The van der Waals surface area contributed by atoms with Crippen LogP contribution >= 0.6 is 11.8 Å². The zero-order valence-corrected chi connectivity index (χ0v) is 20.7. The highest BCUT2D eigenvalue weighted by molar-refractivity contribution is 7.99. The molecule has 0 radical (unpaired) electrons. The first-order valence-corrected chi connectivity index (χ1v) is 12.0. The summed E-state index contributed by atoms with van der Waals surface area (Å²) in [4.78, 5) is 13.1. The molecule has 0 atom stereocenters. The van der Waals surface area contributed by atoms with Gasteiger partial charge < -0.3 is 9.30 Å². The van der Waals surface area contributed by atoms with Crippen molar-refractivity contribution >= 4 is 17.5 Å². The van der Waals surface area contributed by atoms with E-state index in [0.29, 0.717) is 17.5 Å². The lowest BCUT2D eigenvalue weighted by atomic mass is 10.2. The van der Waals surface area contributed by atoms with Crippen molar-refractivity contribution in [3.05, 3.63) is 89.8 Å². The van der Waals surface area contributed by atoms with E-state index >= 15 is 0 Å². The molecule has 0 aliphatic rings. The molecule has 0 amide bonds. The molecule has 2 aromatic carbocycles. The van der Waals surface area contributed by atoms with E-state index in [4.69, 9.17) is 4.74 Å². The predicted molar refractivity (Wildman–Crippen MR) is 137 cm³/mol. The minimum Gasteiger partial charge on any atom is -0.497 e. The van der Waals surface area contributed by atoms with E-state index in [2.05, 4.69) is 40.4 Å². The van der Waals surface area contributed by atoms with Gasteiger partial charge in [-0.05, 0) is 63.2 Å². The maximum Gasteiger partial charge on any atom is 0.196 e. The number of carbonyl (C=O) groups excluding carboxylic acids is 1. The molecule has 0 unspecified atom stereocenters. The summed E-state index contributed by atoms with van der Waals surface area (Å²) < 4.78 is 9.39. The fraction of sp³-hybridized carbons (Fsp3) is 0.222. The van der Waals surface area contributed by atoms with E-state index in [9.17, 15) is 4.79 Å². The van der Waals surface area contributed by atoms with E-state index in [1.54, 1.807) is 7.11 Å². The van der Waals surface area contributed by atoms with Gasteiger partial charge in [0.15, 0.2) is 16.8 Å². The minimum atomic E-state index is 0.0675. The number of allylic oxidation sites excluding steroid dienone is 1. The number of aromatic nitrogens is 4. The number of rotatable bonds is 9. The Morgan fingerprint density at radius 2 is 1.76 bits per heavy atom. The second kappa shape index (κ2) is 10.1. The van der Waals surface area contributed by atoms with E-state index in [1.165, 1.54) is 17.3 Å². The Kier molecular flexibility index (Phi) is 7.03. The molecule has 7 heteroatoms. The Labute approximate surface area is 204 Å². The van der Waals surface area contributed by atoms with E-state index in [0.717, 1.165) is 34.0 Å². The SMILES string of the molecule is C=CCn1c(C)cc(C(=O)CSc2nnc(-c3ccc(OC)cc3)n2-c2ccc(C)cc2)c1C. The normalized spacial score (nSPS) is 10.9. The van der Waals surface area contributed by atoms with Gasteiger partial charge in [-0.1, -0.05) is 35.5 Å². The lowest BCUT2D eigenvalue weighted by molar-refractivity contribution is 0.102. The maximum absolute atomic E-state index is 13.1. The largest absolute Gasteiger partial charge is 0.497 e. The maximum atomic E-state index is 13.1. The van der Waals surface area contributed by atoms with Crippen molar-refractivity contribution in [1.82, 2.24) is 19.3 Å². The van der Waals surface area contributed by atoms with Gasteiger partial charge in [0, 0.05) is 34.7 Å². The zero-order valence-electron chi connectivity index (χ0n) is 19.9. The van der Waals surface area contributed by atoms with Crippen LogP contribution in [-0.4, -0.2) is 38.0 Å². The van der Waals surface area contributed by atoms with Gasteiger partial charge in [-0.2, -0.15) is 0 Å². The summed E-state index contributed by atoms with van der Waals surface area (Å²) in [5, 5.41) is 9.59. The van der Waals surface area contributed by atoms with Crippen molar-refractivity contribution in [3.8, 4) is 22.8 Å². The standard InChI is InChI=1S/C27H28N4O2S/c1-6-15-30-19(3)16-24(20(30)4)25(32)17-34-27-29-28-26(21-9-13-23(33-5)14-10-21)31(27)22-11-7-18(2)8-12-22/h6-14,16H,1,15,17H2,2-5H3. The van der Waals surface area contributed by atoms with Crippen LogP contribution in [-0.2, 0) is 6.54 Å². The van der Waals surface area contributed by atoms with Gasteiger partial charge in [0.1, 0.15) is 5.75 Å². The average Bonchev–Trinajstić information content (AvgIpc) is 3.40. The Bertz CT molecular complexity index is 1320. The number of carbonyl (C=O) groups is 1. The first-order chi connectivity index (χ1) is 16.4. The molecule has 0 saturated carbocycles. The van der Waals surface area contributed by atoms with Gasteiger partial charge in [-0.25, -0.2) is 0 Å². The molecule has 0 saturated heterocycles. The Hall–Kier alpha value is -3.58. The summed E-state index contributed by atoms with van der Waals surface area (Å²) in [6, 6.07) is 17.9. The van der Waals surface area contributed by atoms with Crippen LogP contribution in [0.4, 0.5) is 0 Å². The summed E-state index contributed by atoms with van der Waals surface area (Å²) in [5.74, 6) is 1.83. The third kappa shape index (κ3) is 4.70. The average molecular weight is 473 g/mol. The summed E-state index contributed by atoms with van der Waals surface area (Å²) in [6.45, 7) is 10.5. The van der Waals surface area contributed by atoms with Crippen LogP contribution < -0.4 is 4.74 Å².